The van der Waals surface area contributed by atoms with Crippen LogP contribution in [0.4, 0.5) is 5.13 Å². The number of nitrogens with two attached hydrogens (primary N) is 1. The lowest BCUT2D eigenvalue weighted by Crippen LogP contribution is -2.36. The van der Waals surface area contributed by atoms with Gasteiger partial charge >= 0.3 is 0 Å². The van der Waals surface area contributed by atoms with E-state index in [1.165, 1.54) is 11.3 Å². The lowest BCUT2D eigenvalue weighted by Gasteiger charge is -2.22. The molecule has 1 aromatic rings. The zero-order valence-electron chi connectivity index (χ0n) is 12.5. The van der Waals surface area contributed by atoms with Gasteiger partial charge in [-0.15, -0.1) is 10.2 Å². The van der Waals surface area contributed by atoms with Crippen LogP contribution in [0.1, 0.15) is 17.8 Å². The highest BCUT2D eigenvalue weighted by molar-refractivity contribution is 7.91. The number of nitrogens with zero attached hydrogens (tertiary/aromatic N) is 3. The van der Waals surface area contributed by atoms with E-state index in [0.29, 0.717) is 37.5 Å². The number of hydrogen-bond donors (Lipinski definition) is 2. The maximum Gasteiger partial charge on any atom is 0.221 e. The van der Waals surface area contributed by atoms with Crippen molar-refractivity contribution >= 4 is 32.2 Å². The molecule has 0 spiro atoms. The molecule has 10 heteroatoms. The Morgan fingerprint density at radius 1 is 1.50 bits per heavy atom. The molecule has 1 saturated heterocycles. The largest absolute Gasteiger partial charge is 0.374 e. The van der Waals surface area contributed by atoms with Gasteiger partial charge in [0.05, 0.1) is 11.5 Å². The molecular formula is C12H21N5O3S2. The minimum atomic E-state index is -2.89. The van der Waals surface area contributed by atoms with Gasteiger partial charge < -0.3 is 16.0 Å². The normalized spacial score (nSPS) is 20.4. The van der Waals surface area contributed by atoms with Crippen LogP contribution in [-0.2, 0) is 21.1 Å². The van der Waals surface area contributed by atoms with Crippen molar-refractivity contribution in [3.05, 3.63) is 5.01 Å². The first-order chi connectivity index (χ1) is 10.4. The maximum atomic E-state index is 11.8. The first kappa shape index (κ1) is 17.1. The molecular weight excluding hydrogens is 326 g/mol. The fourth-order valence-corrected chi connectivity index (χ4v) is 4.76. The van der Waals surface area contributed by atoms with E-state index in [0.717, 1.165) is 5.01 Å². The van der Waals surface area contributed by atoms with Crippen molar-refractivity contribution < 1.29 is 13.2 Å². The Morgan fingerprint density at radius 3 is 2.86 bits per heavy atom. The highest BCUT2D eigenvalue weighted by Crippen LogP contribution is 2.16. The summed E-state index contributed by atoms with van der Waals surface area (Å²) in [7, 11) is -1.02. The molecule has 0 aromatic carbocycles. The highest BCUT2D eigenvalue weighted by Gasteiger charge is 2.30. The number of amides is 1. The van der Waals surface area contributed by atoms with Gasteiger partial charge in [-0.25, -0.2) is 8.42 Å². The van der Waals surface area contributed by atoms with E-state index in [9.17, 15) is 13.2 Å². The topological polar surface area (TPSA) is 118 Å². The summed E-state index contributed by atoms with van der Waals surface area (Å²) in [5.41, 5.74) is 5.48. The number of carbonyl (C=O) groups excluding carboxylic acids is 1. The van der Waals surface area contributed by atoms with Crippen LogP contribution in [0.3, 0.4) is 0 Å². The molecule has 1 amide bonds. The number of hydrogen-bond acceptors (Lipinski definition) is 8. The van der Waals surface area contributed by atoms with Crippen molar-refractivity contribution in [1.82, 2.24) is 20.4 Å². The van der Waals surface area contributed by atoms with Crippen molar-refractivity contribution in [3.8, 4) is 0 Å². The fraction of sp³-hybridized carbons (Fsp3) is 0.750. The van der Waals surface area contributed by atoms with Gasteiger partial charge in [0.25, 0.3) is 0 Å². The molecule has 8 nitrogen and oxygen atoms in total. The number of aromatic nitrogens is 2. The second-order valence-corrected chi connectivity index (χ2v) is 8.74. The molecule has 1 aliphatic rings. The van der Waals surface area contributed by atoms with Crippen molar-refractivity contribution in [2.24, 2.45) is 0 Å². The van der Waals surface area contributed by atoms with E-state index in [1.807, 2.05) is 11.9 Å². The zero-order valence-corrected chi connectivity index (χ0v) is 14.1. The van der Waals surface area contributed by atoms with Crippen LogP contribution in [0.25, 0.3) is 0 Å². The summed E-state index contributed by atoms with van der Waals surface area (Å²) in [5, 5.41) is 11.6. The molecule has 1 aromatic heterocycles. The summed E-state index contributed by atoms with van der Waals surface area (Å²) in [5.74, 6) is 0.396. The van der Waals surface area contributed by atoms with Gasteiger partial charge in [-0.1, -0.05) is 11.3 Å². The van der Waals surface area contributed by atoms with E-state index in [-0.39, 0.29) is 23.5 Å². The van der Waals surface area contributed by atoms with Crippen LogP contribution in [0.5, 0.6) is 0 Å². The predicted octanol–water partition coefficient (Wildman–Crippen LogP) is -0.712. The smallest absolute Gasteiger partial charge is 0.221 e. The monoisotopic (exact) mass is 347 g/mol. The number of nitrogen functional groups attached to an aromatic ring is 1. The number of nitrogens with one attached hydrogen (secondary N) is 1. The zero-order chi connectivity index (χ0) is 16.2. The van der Waals surface area contributed by atoms with Gasteiger partial charge in [-0.05, 0) is 13.5 Å². The van der Waals surface area contributed by atoms with Crippen molar-refractivity contribution in [2.75, 3.05) is 37.4 Å². The Balaban J connectivity index is 1.63. The Morgan fingerprint density at radius 2 is 2.27 bits per heavy atom. The standard InChI is InChI=1S/C12H21N5O3S2/c1-17(9-4-7-22(19,20)8-9)6-3-10(18)14-5-2-11-15-16-12(13)21-11/h9H,2-8H2,1H3,(H2,13,16)(H,14,18). The summed E-state index contributed by atoms with van der Waals surface area (Å²) < 4.78 is 22.9. The Bertz CT molecular complexity index is 616. The van der Waals surface area contributed by atoms with Crippen LogP contribution in [-0.4, -0.2) is 67.1 Å². The Labute approximate surface area is 134 Å². The van der Waals surface area contributed by atoms with Crippen molar-refractivity contribution in [2.45, 2.75) is 25.3 Å². The molecule has 0 saturated carbocycles. The van der Waals surface area contributed by atoms with Crippen LogP contribution >= 0.6 is 11.3 Å². The molecule has 0 aliphatic carbocycles. The van der Waals surface area contributed by atoms with Gasteiger partial charge in [-0.3, -0.25) is 4.79 Å². The second kappa shape index (κ2) is 7.34. The van der Waals surface area contributed by atoms with Crippen LogP contribution in [0.15, 0.2) is 0 Å². The third-order valence-corrected chi connectivity index (χ3v) is 6.23. The summed E-state index contributed by atoms with van der Waals surface area (Å²) in [6, 6.07) is 0.0298. The van der Waals surface area contributed by atoms with Crippen LogP contribution in [0, 0.1) is 0 Å². The minimum Gasteiger partial charge on any atom is -0.374 e. The van der Waals surface area contributed by atoms with Crippen molar-refractivity contribution in [1.29, 1.82) is 0 Å². The summed E-state index contributed by atoms with van der Waals surface area (Å²) >= 11 is 1.31. The average Bonchev–Trinajstić information content (AvgIpc) is 3.02. The predicted molar refractivity (Wildman–Crippen MR) is 85.3 cm³/mol. The van der Waals surface area contributed by atoms with Crippen LogP contribution in [0.2, 0.25) is 0 Å². The van der Waals surface area contributed by atoms with Gasteiger partial charge in [0.1, 0.15) is 5.01 Å². The van der Waals surface area contributed by atoms with Gasteiger partial charge in [0.2, 0.25) is 11.0 Å². The number of anilines is 1. The van der Waals surface area contributed by atoms with E-state index < -0.39 is 9.84 Å². The van der Waals surface area contributed by atoms with E-state index in [1.54, 1.807) is 0 Å². The first-order valence-electron chi connectivity index (χ1n) is 7.11. The first-order valence-corrected chi connectivity index (χ1v) is 9.75. The molecule has 1 fully saturated rings. The summed E-state index contributed by atoms with van der Waals surface area (Å²) in [6.45, 7) is 1.05. The molecule has 2 rings (SSSR count). The van der Waals surface area contributed by atoms with E-state index in [4.69, 9.17) is 5.73 Å². The molecule has 22 heavy (non-hydrogen) atoms. The number of rotatable bonds is 7. The van der Waals surface area contributed by atoms with Gasteiger partial charge in [0, 0.05) is 32.0 Å². The lowest BCUT2D eigenvalue weighted by molar-refractivity contribution is -0.121. The molecule has 124 valence electrons. The summed E-state index contributed by atoms with van der Waals surface area (Å²) in [6.07, 6.45) is 1.61. The molecule has 1 unspecified atom stereocenters. The van der Waals surface area contributed by atoms with Crippen molar-refractivity contribution in [3.63, 3.8) is 0 Å². The molecule has 1 aliphatic heterocycles. The highest BCUT2D eigenvalue weighted by atomic mass is 32.2. The average molecular weight is 347 g/mol. The third kappa shape index (κ3) is 5.18. The SMILES string of the molecule is CN(CCC(=O)NCCc1nnc(N)s1)C1CCS(=O)(=O)C1. The van der Waals surface area contributed by atoms with Crippen LogP contribution < -0.4 is 11.1 Å². The van der Waals surface area contributed by atoms with Gasteiger partial charge in [0.15, 0.2) is 9.84 Å². The molecule has 2 heterocycles. The molecule has 0 bridgehead atoms. The quantitative estimate of drug-likeness (QED) is 0.669. The Hall–Kier alpha value is -1.26. The minimum absolute atomic E-state index is 0.0298. The fourth-order valence-electron chi connectivity index (χ4n) is 2.35. The second-order valence-electron chi connectivity index (χ2n) is 5.42. The van der Waals surface area contributed by atoms with Gasteiger partial charge in [-0.2, -0.15) is 0 Å². The molecule has 3 N–H and O–H groups in total. The third-order valence-electron chi connectivity index (χ3n) is 3.67. The summed E-state index contributed by atoms with van der Waals surface area (Å²) in [4.78, 5) is 13.7. The lowest BCUT2D eigenvalue weighted by atomic mass is 10.2. The number of carbonyl (C=O) groups is 1. The number of sulfone groups is 1. The molecule has 0 radical (unpaired) electrons. The molecule has 1 atom stereocenters. The van der Waals surface area contributed by atoms with E-state index in [2.05, 4.69) is 15.5 Å². The Kier molecular flexibility index (Phi) is 5.70. The maximum absolute atomic E-state index is 11.8. The van der Waals surface area contributed by atoms with E-state index >= 15 is 0 Å².